The van der Waals surface area contributed by atoms with Crippen molar-refractivity contribution in [1.29, 1.82) is 0 Å². The molecule has 2 aromatic rings. The van der Waals surface area contributed by atoms with Crippen molar-refractivity contribution in [3.8, 4) is 0 Å². The number of nitro groups is 2. The molecular weight excluding hydrogens is 276 g/mol. The molecular formula is C13H12N4O4. The van der Waals surface area contributed by atoms with E-state index in [2.05, 4.69) is 10.6 Å². The van der Waals surface area contributed by atoms with Crippen LogP contribution in [0.1, 0.15) is 0 Å². The fourth-order valence-electron chi connectivity index (χ4n) is 1.65. The molecule has 0 aliphatic heterocycles. The number of anilines is 2. The maximum Gasteiger partial charge on any atom is 0.269 e. The van der Waals surface area contributed by atoms with Crippen LogP contribution in [0.25, 0.3) is 0 Å². The summed E-state index contributed by atoms with van der Waals surface area (Å²) in [6.45, 7) is 0.385. The van der Waals surface area contributed by atoms with Crippen molar-refractivity contribution < 1.29 is 9.85 Å². The topological polar surface area (TPSA) is 110 Å². The molecule has 0 fully saturated rings. The average molecular weight is 288 g/mol. The van der Waals surface area contributed by atoms with Crippen molar-refractivity contribution in [2.75, 3.05) is 17.3 Å². The maximum absolute atomic E-state index is 10.5. The van der Waals surface area contributed by atoms with E-state index in [0.29, 0.717) is 6.67 Å². The van der Waals surface area contributed by atoms with Gasteiger partial charge in [0.25, 0.3) is 11.4 Å². The molecule has 0 radical (unpaired) electrons. The lowest BCUT2D eigenvalue weighted by Gasteiger charge is -2.09. The molecule has 0 amide bonds. The molecule has 8 nitrogen and oxygen atoms in total. The summed E-state index contributed by atoms with van der Waals surface area (Å²) >= 11 is 0. The van der Waals surface area contributed by atoms with Crippen LogP contribution in [0.4, 0.5) is 22.7 Å². The third-order valence-corrected chi connectivity index (χ3v) is 2.74. The Kier molecular flexibility index (Phi) is 4.30. The first-order chi connectivity index (χ1) is 10.1. The van der Waals surface area contributed by atoms with Gasteiger partial charge in [0, 0.05) is 35.6 Å². The number of hydrogen-bond donors (Lipinski definition) is 2. The van der Waals surface area contributed by atoms with Crippen LogP contribution in [-0.2, 0) is 0 Å². The van der Waals surface area contributed by atoms with E-state index in [-0.39, 0.29) is 11.4 Å². The van der Waals surface area contributed by atoms with Crippen molar-refractivity contribution in [2.45, 2.75) is 0 Å². The Morgan fingerprint density at radius 1 is 0.714 bits per heavy atom. The van der Waals surface area contributed by atoms with Gasteiger partial charge in [-0.15, -0.1) is 0 Å². The van der Waals surface area contributed by atoms with Gasteiger partial charge in [0.1, 0.15) is 0 Å². The normalized spacial score (nSPS) is 9.90. The molecule has 8 heteroatoms. The molecule has 2 N–H and O–H groups in total. The number of benzene rings is 2. The molecule has 108 valence electrons. The fourth-order valence-corrected chi connectivity index (χ4v) is 1.65. The maximum atomic E-state index is 10.5. The van der Waals surface area contributed by atoms with Crippen molar-refractivity contribution in [2.24, 2.45) is 0 Å². The largest absolute Gasteiger partial charge is 0.368 e. The fraction of sp³-hybridized carbons (Fsp3) is 0.0769. The molecule has 0 unspecified atom stereocenters. The van der Waals surface area contributed by atoms with Crippen molar-refractivity contribution >= 4 is 22.7 Å². The van der Waals surface area contributed by atoms with Gasteiger partial charge in [-0.2, -0.15) is 0 Å². The Labute approximate surface area is 119 Å². The molecule has 0 spiro atoms. The first-order valence-electron chi connectivity index (χ1n) is 6.03. The third-order valence-electron chi connectivity index (χ3n) is 2.74. The quantitative estimate of drug-likeness (QED) is 0.480. The third kappa shape index (κ3) is 3.90. The van der Waals surface area contributed by atoms with Crippen LogP contribution in [0.15, 0.2) is 48.5 Å². The number of nitro benzene ring substituents is 2. The summed E-state index contributed by atoms with van der Waals surface area (Å²) in [6, 6.07) is 12.1. The highest BCUT2D eigenvalue weighted by atomic mass is 16.6. The van der Waals surface area contributed by atoms with Crippen LogP contribution in [0.5, 0.6) is 0 Å². The van der Waals surface area contributed by atoms with Crippen LogP contribution in [0, 0.1) is 20.2 Å². The van der Waals surface area contributed by atoms with Crippen molar-refractivity contribution in [3.63, 3.8) is 0 Å². The van der Waals surface area contributed by atoms with Crippen LogP contribution in [0.3, 0.4) is 0 Å². The zero-order valence-electron chi connectivity index (χ0n) is 10.9. The van der Waals surface area contributed by atoms with E-state index in [0.717, 1.165) is 11.4 Å². The van der Waals surface area contributed by atoms with Gasteiger partial charge in [-0.1, -0.05) is 0 Å². The van der Waals surface area contributed by atoms with E-state index in [1.54, 1.807) is 24.3 Å². The highest BCUT2D eigenvalue weighted by Crippen LogP contribution is 2.17. The van der Waals surface area contributed by atoms with Crippen molar-refractivity contribution in [3.05, 3.63) is 68.8 Å². The highest BCUT2D eigenvalue weighted by molar-refractivity contribution is 5.52. The van der Waals surface area contributed by atoms with E-state index in [1.165, 1.54) is 24.3 Å². The summed E-state index contributed by atoms with van der Waals surface area (Å²) < 4.78 is 0. The highest BCUT2D eigenvalue weighted by Gasteiger charge is 2.04. The molecule has 0 heterocycles. The first kappa shape index (κ1) is 14.3. The number of non-ortho nitro benzene ring substituents is 2. The molecule has 0 aliphatic rings. The van der Waals surface area contributed by atoms with E-state index >= 15 is 0 Å². The Morgan fingerprint density at radius 2 is 1.05 bits per heavy atom. The lowest BCUT2D eigenvalue weighted by molar-refractivity contribution is -0.385. The number of nitrogens with zero attached hydrogens (tertiary/aromatic N) is 2. The zero-order valence-corrected chi connectivity index (χ0v) is 10.9. The van der Waals surface area contributed by atoms with Gasteiger partial charge in [0.15, 0.2) is 0 Å². The SMILES string of the molecule is O=[N+]([O-])c1ccc(NCNc2ccc([N+](=O)[O-])cc2)cc1. The minimum atomic E-state index is -0.459. The van der Waals surface area contributed by atoms with Crippen molar-refractivity contribution in [1.82, 2.24) is 0 Å². The smallest absolute Gasteiger partial charge is 0.269 e. The summed E-state index contributed by atoms with van der Waals surface area (Å²) in [5.74, 6) is 0. The molecule has 2 aromatic carbocycles. The standard InChI is InChI=1S/C13H12N4O4/c18-16(19)12-5-1-10(2-6-12)14-9-15-11-3-7-13(8-4-11)17(20)21/h1-8,14-15H,9H2. The number of hydrogen-bond acceptors (Lipinski definition) is 6. The van der Waals surface area contributed by atoms with Crippen LogP contribution >= 0.6 is 0 Å². The molecule has 21 heavy (non-hydrogen) atoms. The van der Waals surface area contributed by atoms with E-state index in [9.17, 15) is 20.2 Å². The van der Waals surface area contributed by atoms with Gasteiger partial charge < -0.3 is 10.6 Å². The summed E-state index contributed by atoms with van der Waals surface area (Å²) in [7, 11) is 0. The Hall–Kier alpha value is -3.16. The minimum absolute atomic E-state index is 0.0314. The molecule has 0 saturated heterocycles. The van der Waals surface area contributed by atoms with Gasteiger partial charge in [-0.05, 0) is 24.3 Å². The Morgan fingerprint density at radius 3 is 1.33 bits per heavy atom. The second-order valence-corrected chi connectivity index (χ2v) is 4.14. The zero-order chi connectivity index (χ0) is 15.2. The molecule has 0 atom stereocenters. The van der Waals surface area contributed by atoms with Crippen LogP contribution in [-0.4, -0.2) is 16.5 Å². The first-order valence-corrected chi connectivity index (χ1v) is 6.03. The predicted molar refractivity (Wildman–Crippen MR) is 78.3 cm³/mol. The second-order valence-electron chi connectivity index (χ2n) is 4.14. The van der Waals surface area contributed by atoms with E-state index in [4.69, 9.17) is 0 Å². The van der Waals surface area contributed by atoms with Gasteiger partial charge in [-0.25, -0.2) is 0 Å². The molecule has 0 bridgehead atoms. The molecule has 2 rings (SSSR count). The monoisotopic (exact) mass is 288 g/mol. The minimum Gasteiger partial charge on any atom is -0.368 e. The Bertz CT molecular complexity index is 583. The van der Waals surface area contributed by atoms with Gasteiger partial charge >= 0.3 is 0 Å². The van der Waals surface area contributed by atoms with Crippen LogP contribution in [0.2, 0.25) is 0 Å². The molecule has 0 aromatic heterocycles. The number of nitrogens with one attached hydrogen (secondary N) is 2. The Balaban J connectivity index is 1.86. The van der Waals surface area contributed by atoms with E-state index in [1.807, 2.05) is 0 Å². The van der Waals surface area contributed by atoms with Crippen LogP contribution < -0.4 is 10.6 Å². The summed E-state index contributed by atoms with van der Waals surface area (Å²) in [6.07, 6.45) is 0. The molecule has 0 aliphatic carbocycles. The lowest BCUT2D eigenvalue weighted by atomic mass is 10.3. The van der Waals surface area contributed by atoms with Gasteiger partial charge in [0.05, 0.1) is 16.5 Å². The summed E-state index contributed by atoms with van der Waals surface area (Å²) in [5, 5.41) is 27.1. The average Bonchev–Trinajstić information content (AvgIpc) is 2.48. The predicted octanol–water partition coefficient (Wildman–Crippen LogP) is 2.98. The number of rotatable bonds is 6. The summed E-state index contributed by atoms with van der Waals surface area (Å²) in [4.78, 5) is 20.1. The second kappa shape index (κ2) is 6.33. The van der Waals surface area contributed by atoms with E-state index < -0.39 is 9.85 Å². The lowest BCUT2D eigenvalue weighted by Crippen LogP contribution is -2.11. The van der Waals surface area contributed by atoms with Gasteiger partial charge in [-0.3, -0.25) is 20.2 Å². The summed E-state index contributed by atoms with van der Waals surface area (Å²) in [5.41, 5.74) is 1.53. The van der Waals surface area contributed by atoms with Gasteiger partial charge in [0.2, 0.25) is 0 Å². The molecule has 0 saturated carbocycles.